The Morgan fingerprint density at radius 2 is 2.36 bits per heavy atom. The number of aromatic nitrogens is 1. The Morgan fingerprint density at radius 1 is 1.57 bits per heavy atom. The monoisotopic (exact) mass is 214 g/mol. The third kappa shape index (κ3) is 2.51. The van der Waals surface area contributed by atoms with Gasteiger partial charge in [-0.2, -0.15) is 0 Å². The van der Waals surface area contributed by atoms with Crippen molar-refractivity contribution in [2.24, 2.45) is 0 Å². The summed E-state index contributed by atoms with van der Waals surface area (Å²) in [6.07, 6.45) is 1.76. The summed E-state index contributed by atoms with van der Waals surface area (Å²) in [4.78, 5) is 6.37. The van der Waals surface area contributed by atoms with Crippen LogP contribution in [0.5, 0.6) is 5.75 Å². The summed E-state index contributed by atoms with van der Waals surface area (Å²) in [5.41, 5.74) is 0. The first-order chi connectivity index (χ1) is 6.83. The second-order valence-corrected chi connectivity index (χ2v) is 3.18. The number of hydrogen-bond donors (Lipinski definition) is 0. The van der Waals surface area contributed by atoms with Crippen LogP contribution >= 0.6 is 11.6 Å². The van der Waals surface area contributed by atoms with Crippen molar-refractivity contribution in [3.63, 3.8) is 0 Å². The fourth-order valence-corrected chi connectivity index (χ4v) is 1.50. The molecule has 0 aliphatic rings. The topological polar surface area (TPSA) is 25.4 Å². The van der Waals surface area contributed by atoms with Gasteiger partial charge in [0.15, 0.2) is 11.6 Å². The van der Waals surface area contributed by atoms with E-state index in [1.165, 1.54) is 0 Å². The highest BCUT2D eigenvalue weighted by atomic mass is 35.5. The van der Waals surface area contributed by atoms with E-state index in [4.69, 9.17) is 16.3 Å². The first-order valence-electron chi connectivity index (χ1n) is 4.63. The van der Waals surface area contributed by atoms with E-state index < -0.39 is 0 Å². The maximum Gasteiger partial charge on any atom is 0.171 e. The Hall–Kier alpha value is -0.960. The number of nitrogens with zero attached hydrogens (tertiary/aromatic N) is 2. The molecule has 4 heteroatoms. The molecule has 0 aliphatic carbocycles. The fourth-order valence-electron chi connectivity index (χ4n) is 1.29. The average molecular weight is 215 g/mol. The molecule has 14 heavy (non-hydrogen) atoms. The molecule has 0 saturated carbocycles. The smallest absolute Gasteiger partial charge is 0.171 e. The molecule has 0 fully saturated rings. The molecular formula is C10H15ClN2O. The first-order valence-corrected chi connectivity index (χ1v) is 5.16. The van der Waals surface area contributed by atoms with E-state index in [2.05, 4.69) is 16.8 Å². The van der Waals surface area contributed by atoms with Crippen molar-refractivity contribution in [2.75, 3.05) is 31.0 Å². The molecule has 0 unspecified atom stereocenters. The molecule has 0 atom stereocenters. The lowest BCUT2D eigenvalue weighted by molar-refractivity contribution is 0.412. The second kappa shape index (κ2) is 5.70. The number of anilines is 1. The number of rotatable bonds is 5. The lowest BCUT2D eigenvalue weighted by Crippen LogP contribution is -2.26. The van der Waals surface area contributed by atoms with Crippen molar-refractivity contribution < 1.29 is 4.74 Å². The summed E-state index contributed by atoms with van der Waals surface area (Å²) in [7, 11) is 1.65. The van der Waals surface area contributed by atoms with E-state index in [-0.39, 0.29) is 0 Å². The molecule has 0 aromatic carbocycles. The normalized spacial score (nSPS) is 9.93. The minimum atomic E-state index is 0.591. The highest BCUT2D eigenvalue weighted by Gasteiger charge is 2.10. The molecule has 3 nitrogen and oxygen atoms in total. The quantitative estimate of drug-likeness (QED) is 0.703. The number of alkyl halides is 1. The van der Waals surface area contributed by atoms with Crippen molar-refractivity contribution >= 4 is 17.4 Å². The number of methoxy groups -OCH3 is 1. The molecule has 1 rings (SSSR count). The van der Waals surface area contributed by atoms with Crippen LogP contribution in [0.3, 0.4) is 0 Å². The lowest BCUT2D eigenvalue weighted by Gasteiger charge is -2.22. The first kappa shape index (κ1) is 11.1. The molecule has 1 aromatic heterocycles. The van der Waals surface area contributed by atoms with Crippen molar-refractivity contribution in [1.29, 1.82) is 0 Å². The highest BCUT2D eigenvalue weighted by molar-refractivity contribution is 6.18. The highest BCUT2D eigenvalue weighted by Crippen LogP contribution is 2.24. The van der Waals surface area contributed by atoms with Crippen molar-refractivity contribution in [1.82, 2.24) is 4.98 Å². The zero-order chi connectivity index (χ0) is 10.4. The van der Waals surface area contributed by atoms with Gasteiger partial charge in [0.2, 0.25) is 0 Å². The van der Waals surface area contributed by atoms with E-state index in [1.807, 2.05) is 12.1 Å². The predicted octanol–water partition coefficient (Wildman–Crippen LogP) is 2.16. The van der Waals surface area contributed by atoms with Crippen LogP contribution in [0.2, 0.25) is 0 Å². The van der Waals surface area contributed by atoms with E-state index in [1.54, 1.807) is 13.3 Å². The van der Waals surface area contributed by atoms with Gasteiger partial charge in [0, 0.05) is 25.2 Å². The Balaban J connectivity index is 2.90. The van der Waals surface area contributed by atoms with E-state index in [9.17, 15) is 0 Å². The summed E-state index contributed by atoms with van der Waals surface area (Å²) in [5.74, 6) is 2.24. The van der Waals surface area contributed by atoms with Crippen LogP contribution in [0.25, 0.3) is 0 Å². The molecular weight excluding hydrogens is 200 g/mol. The van der Waals surface area contributed by atoms with Gasteiger partial charge in [0.1, 0.15) is 0 Å². The van der Waals surface area contributed by atoms with Crippen LogP contribution in [0.15, 0.2) is 18.3 Å². The van der Waals surface area contributed by atoms with Crippen LogP contribution in [0, 0.1) is 0 Å². The molecule has 0 radical (unpaired) electrons. The zero-order valence-corrected chi connectivity index (χ0v) is 9.29. The minimum absolute atomic E-state index is 0.591. The molecule has 0 saturated heterocycles. The number of hydrogen-bond acceptors (Lipinski definition) is 3. The Kier molecular flexibility index (Phi) is 4.53. The minimum Gasteiger partial charge on any atom is -0.493 e. The van der Waals surface area contributed by atoms with Gasteiger partial charge in [-0.1, -0.05) is 0 Å². The Bertz CT molecular complexity index is 281. The summed E-state index contributed by atoms with van der Waals surface area (Å²) < 4.78 is 5.23. The average Bonchev–Trinajstić information content (AvgIpc) is 2.26. The van der Waals surface area contributed by atoms with E-state index >= 15 is 0 Å². The largest absolute Gasteiger partial charge is 0.493 e. The van der Waals surface area contributed by atoms with Crippen LogP contribution in [0.1, 0.15) is 6.92 Å². The van der Waals surface area contributed by atoms with Gasteiger partial charge in [-0.25, -0.2) is 4.98 Å². The summed E-state index contributed by atoms with van der Waals surface area (Å²) >= 11 is 5.71. The summed E-state index contributed by atoms with van der Waals surface area (Å²) in [5, 5.41) is 0. The molecule has 1 aromatic rings. The van der Waals surface area contributed by atoms with Gasteiger partial charge >= 0.3 is 0 Å². The van der Waals surface area contributed by atoms with Gasteiger partial charge < -0.3 is 9.64 Å². The predicted molar refractivity (Wildman–Crippen MR) is 59.4 cm³/mol. The van der Waals surface area contributed by atoms with Gasteiger partial charge in [-0.05, 0) is 19.1 Å². The molecule has 1 heterocycles. The maximum atomic E-state index is 5.71. The molecule has 0 N–H and O–H groups in total. The summed E-state index contributed by atoms with van der Waals surface area (Å²) in [6.45, 7) is 3.73. The third-order valence-electron chi connectivity index (χ3n) is 2.01. The summed E-state index contributed by atoms with van der Waals surface area (Å²) in [6, 6.07) is 3.76. The van der Waals surface area contributed by atoms with Crippen LogP contribution in [0.4, 0.5) is 5.82 Å². The molecule has 0 amide bonds. The second-order valence-electron chi connectivity index (χ2n) is 2.80. The van der Waals surface area contributed by atoms with Crippen molar-refractivity contribution in [3.8, 4) is 5.75 Å². The zero-order valence-electron chi connectivity index (χ0n) is 8.53. The van der Waals surface area contributed by atoms with Crippen LogP contribution in [-0.2, 0) is 0 Å². The van der Waals surface area contributed by atoms with Gasteiger partial charge in [-0.3, -0.25) is 0 Å². The van der Waals surface area contributed by atoms with Gasteiger partial charge in [-0.15, -0.1) is 11.6 Å². The van der Waals surface area contributed by atoms with Crippen molar-refractivity contribution in [3.05, 3.63) is 18.3 Å². The molecule has 0 bridgehead atoms. The number of pyridine rings is 1. The third-order valence-corrected chi connectivity index (χ3v) is 2.18. The molecule has 0 aliphatic heterocycles. The Morgan fingerprint density at radius 3 is 2.93 bits per heavy atom. The van der Waals surface area contributed by atoms with Crippen LogP contribution < -0.4 is 9.64 Å². The van der Waals surface area contributed by atoms with Gasteiger partial charge in [0.05, 0.1) is 7.11 Å². The molecule has 0 spiro atoms. The van der Waals surface area contributed by atoms with Crippen LogP contribution in [-0.4, -0.2) is 31.1 Å². The Labute approximate surface area is 89.7 Å². The number of halogens is 1. The van der Waals surface area contributed by atoms with Gasteiger partial charge in [0.25, 0.3) is 0 Å². The number of ether oxygens (including phenoxy) is 1. The van der Waals surface area contributed by atoms with E-state index in [0.29, 0.717) is 5.88 Å². The van der Waals surface area contributed by atoms with Crippen molar-refractivity contribution in [2.45, 2.75) is 6.92 Å². The fraction of sp³-hybridized carbons (Fsp3) is 0.500. The SMILES string of the molecule is CCN(CCCl)c1ncccc1OC. The van der Waals surface area contributed by atoms with E-state index in [0.717, 1.165) is 24.7 Å². The lowest BCUT2D eigenvalue weighted by atomic mass is 10.4. The maximum absolute atomic E-state index is 5.71. The standard InChI is InChI=1S/C10H15ClN2O/c1-3-13(8-6-11)10-9(14-2)5-4-7-12-10/h4-5,7H,3,6,8H2,1-2H3. The molecule has 78 valence electrons.